The summed E-state index contributed by atoms with van der Waals surface area (Å²) < 4.78 is 18.4. The van der Waals surface area contributed by atoms with Crippen molar-refractivity contribution in [3.8, 4) is 0 Å². The molecule has 0 aliphatic carbocycles. The number of aliphatic hydroxyl groups is 2. The van der Waals surface area contributed by atoms with Crippen LogP contribution in [-0.4, -0.2) is 47.8 Å². The Labute approximate surface area is 105 Å². The van der Waals surface area contributed by atoms with E-state index in [4.69, 9.17) is 21.4 Å². The first kappa shape index (κ1) is 14.8. The van der Waals surface area contributed by atoms with Gasteiger partial charge in [-0.2, -0.15) is 4.39 Å². The third-order valence-corrected chi connectivity index (χ3v) is 4.38. The zero-order valence-corrected chi connectivity index (χ0v) is 11.8. The van der Waals surface area contributed by atoms with Crippen LogP contribution in [-0.2, 0) is 4.74 Å². The third kappa shape index (κ3) is 3.59. The van der Waals surface area contributed by atoms with Crippen LogP contribution in [0, 0.1) is 0 Å². The average molecular weight is 286 g/mol. The summed E-state index contributed by atoms with van der Waals surface area (Å²) in [7, 11) is -1.21. The lowest BCUT2D eigenvalue weighted by molar-refractivity contribution is -0.228. The smallest absolute Gasteiger partial charge is 0.360 e. The Morgan fingerprint density at radius 1 is 1.41 bits per heavy atom. The molecule has 2 unspecified atom stereocenters. The molecule has 0 aromatic rings. The summed E-state index contributed by atoms with van der Waals surface area (Å²) in [4.78, 5) is 0. The fourth-order valence-electron chi connectivity index (χ4n) is 1.04. The first-order chi connectivity index (χ1) is 7.56. The van der Waals surface area contributed by atoms with Gasteiger partial charge in [-0.1, -0.05) is 41.6 Å². The first-order valence-electron chi connectivity index (χ1n) is 5.17. The summed E-state index contributed by atoms with van der Waals surface area (Å²) in [6.45, 7) is 6.78. The van der Waals surface area contributed by atoms with E-state index in [1.54, 1.807) is 0 Å². The van der Waals surface area contributed by atoms with Gasteiger partial charge in [0.1, 0.15) is 6.73 Å². The number of ether oxygens (including phenoxy) is 1. The van der Waals surface area contributed by atoms with Gasteiger partial charge in [-0.25, -0.2) is 5.01 Å². The minimum atomic E-state index is -3.32. The Kier molecular flexibility index (Phi) is 4.15. The van der Waals surface area contributed by atoms with E-state index in [1.165, 1.54) is 0 Å². The Morgan fingerprint density at radius 2 is 2.00 bits per heavy atom. The molecule has 0 aromatic carbocycles. The third-order valence-electron chi connectivity index (χ3n) is 2.24. The van der Waals surface area contributed by atoms with Gasteiger partial charge in [-0.3, -0.25) is 0 Å². The highest BCUT2D eigenvalue weighted by Gasteiger charge is 2.59. The normalized spacial score (nSPS) is 33.5. The highest BCUT2D eigenvalue weighted by molar-refractivity contribution is 6.76. The molecule has 100 valence electrons. The van der Waals surface area contributed by atoms with Crippen LogP contribution in [0.1, 0.15) is 0 Å². The molecule has 0 saturated heterocycles. The van der Waals surface area contributed by atoms with E-state index in [9.17, 15) is 9.50 Å². The number of rotatable bonds is 5. The van der Waals surface area contributed by atoms with Crippen molar-refractivity contribution in [1.82, 2.24) is 5.01 Å². The van der Waals surface area contributed by atoms with Gasteiger partial charge in [0, 0.05) is 14.7 Å². The van der Waals surface area contributed by atoms with Gasteiger partial charge < -0.3 is 14.9 Å². The van der Waals surface area contributed by atoms with Crippen LogP contribution in [0.5, 0.6) is 0 Å². The lowest BCUT2D eigenvalue weighted by Crippen LogP contribution is -2.52. The van der Waals surface area contributed by atoms with Crippen molar-refractivity contribution in [1.29, 1.82) is 0 Å². The van der Waals surface area contributed by atoms with Gasteiger partial charge in [0.15, 0.2) is 0 Å². The average Bonchev–Trinajstić information content (AvgIpc) is 2.32. The largest absolute Gasteiger partial charge is 0.388 e. The molecule has 0 spiro atoms. The molecular formula is C8H17ClFN3O3Si. The molecule has 0 saturated carbocycles. The Hall–Kier alpha value is -0.283. The van der Waals surface area contributed by atoms with Gasteiger partial charge in [0.2, 0.25) is 0 Å². The first-order valence-corrected chi connectivity index (χ1v) is 9.25. The second-order valence-corrected chi connectivity index (χ2v) is 11.3. The lowest BCUT2D eigenvalue weighted by Gasteiger charge is -2.28. The molecule has 9 heteroatoms. The molecule has 0 bridgehead atoms. The molecule has 1 heterocycles. The SMILES string of the molecule is C[Si](C)(C)CCOCN1N=NC(O)(F)C1(O)Cl. The quantitative estimate of drug-likeness (QED) is 0.347. The Balaban J connectivity index is 2.37. The van der Waals surface area contributed by atoms with E-state index in [1.807, 2.05) is 0 Å². The predicted molar refractivity (Wildman–Crippen MR) is 62.5 cm³/mol. The number of hydrogen-bond acceptors (Lipinski definition) is 6. The molecule has 17 heavy (non-hydrogen) atoms. The van der Waals surface area contributed by atoms with Crippen LogP contribution in [0.2, 0.25) is 25.7 Å². The summed E-state index contributed by atoms with van der Waals surface area (Å²) >= 11 is 5.39. The zero-order chi connectivity index (χ0) is 13.3. The number of nitrogens with zero attached hydrogens (tertiary/aromatic N) is 3. The van der Waals surface area contributed by atoms with Crippen LogP contribution in [0.15, 0.2) is 10.3 Å². The minimum Gasteiger partial charge on any atom is -0.360 e. The number of halogens is 2. The molecule has 2 atom stereocenters. The second kappa shape index (κ2) is 4.77. The standard InChI is InChI=1S/C8H17ClFN3O3Si/c1-17(2,3)5-4-16-6-13-7(9,14)8(10,15)11-12-13/h14-15H,4-6H2,1-3H3. The van der Waals surface area contributed by atoms with E-state index in [-0.39, 0.29) is 6.73 Å². The maximum absolute atomic E-state index is 13.2. The summed E-state index contributed by atoms with van der Waals surface area (Å²) in [5.74, 6) is -3.32. The van der Waals surface area contributed by atoms with Crippen LogP contribution in [0.4, 0.5) is 4.39 Å². The van der Waals surface area contributed by atoms with Crippen molar-refractivity contribution >= 4 is 19.7 Å². The summed E-state index contributed by atoms with van der Waals surface area (Å²) in [5, 5.41) is 22.4. The summed E-state index contributed by atoms with van der Waals surface area (Å²) in [6, 6.07) is 0.915. The van der Waals surface area contributed by atoms with Crippen molar-refractivity contribution in [2.75, 3.05) is 13.3 Å². The minimum absolute atomic E-state index is 0.236. The van der Waals surface area contributed by atoms with Gasteiger partial charge in [0.25, 0.3) is 0 Å². The van der Waals surface area contributed by atoms with Crippen LogP contribution in [0.25, 0.3) is 0 Å². The number of hydrogen-bond donors (Lipinski definition) is 2. The topological polar surface area (TPSA) is 77.7 Å². The van der Waals surface area contributed by atoms with Crippen LogP contribution in [0.3, 0.4) is 0 Å². The van der Waals surface area contributed by atoms with E-state index < -0.39 is 19.2 Å². The zero-order valence-electron chi connectivity index (χ0n) is 10.0. The van der Waals surface area contributed by atoms with Crippen molar-refractivity contribution in [2.45, 2.75) is 36.8 Å². The highest BCUT2D eigenvalue weighted by Crippen LogP contribution is 2.38. The molecule has 0 amide bonds. The van der Waals surface area contributed by atoms with E-state index in [2.05, 4.69) is 30.0 Å². The lowest BCUT2D eigenvalue weighted by atomic mass is 10.4. The van der Waals surface area contributed by atoms with Crippen molar-refractivity contribution < 1.29 is 19.3 Å². The van der Waals surface area contributed by atoms with Crippen molar-refractivity contribution in [3.63, 3.8) is 0 Å². The molecule has 0 fully saturated rings. The van der Waals surface area contributed by atoms with Crippen LogP contribution >= 0.6 is 11.6 Å². The van der Waals surface area contributed by atoms with Gasteiger partial charge in [-0.05, 0) is 6.04 Å². The molecule has 1 rings (SSSR count). The Bertz CT molecular complexity index is 309. The Morgan fingerprint density at radius 3 is 2.41 bits per heavy atom. The molecule has 6 nitrogen and oxygen atoms in total. The highest BCUT2D eigenvalue weighted by atomic mass is 35.5. The molecule has 1 aliphatic heterocycles. The van der Waals surface area contributed by atoms with E-state index in [0.717, 1.165) is 6.04 Å². The molecule has 1 aliphatic rings. The van der Waals surface area contributed by atoms with Gasteiger partial charge in [0.05, 0.1) is 0 Å². The van der Waals surface area contributed by atoms with Gasteiger partial charge in [-0.15, -0.1) is 0 Å². The van der Waals surface area contributed by atoms with E-state index in [0.29, 0.717) is 11.6 Å². The fourth-order valence-corrected chi connectivity index (χ4v) is 1.92. The molecule has 2 N–H and O–H groups in total. The van der Waals surface area contributed by atoms with Crippen molar-refractivity contribution in [3.05, 3.63) is 0 Å². The fraction of sp³-hybridized carbons (Fsp3) is 1.00. The summed E-state index contributed by atoms with van der Waals surface area (Å²) in [6.07, 6.45) is 0. The molecular weight excluding hydrogens is 269 g/mol. The number of alkyl halides is 2. The second-order valence-electron chi connectivity index (χ2n) is 5.11. The monoisotopic (exact) mass is 285 g/mol. The molecule has 0 radical (unpaired) electrons. The maximum Gasteiger partial charge on any atom is 0.388 e. The van der Waals surface area contributed by atoms with Gasteiger partial charge >= 0.3 is 11.2 Å². The summed E-state index contributed by atoms with van der Waals surface area (Å²) in [5.41, 5.74) is 0. The van der Waals surface area contributed by atoms with Crippen molar-refractivity contribution in [2.24, 2.45) is 10.3 Å². The van der Waals surface area contributed by atoms with E-state index >= 15 is 0 Å². The van der Waals surface area contributed by atoms with Crippen LogP contribution < -0.4 is 0 Å². The molecule has 0 aromatic heterocycles. The predicted octanol–water partition coefficient (Wildman–Crippen LogP) is 1.48. The maximum atomic E-state index is 13.2.